The summed E-state index contributed by atoms with van der Waals surface area (Å²) in [7, 11) is 0. The number of rotatable bonds is 14. The summed E-state index contributed by atoms with van der Waals surface area (Å²) < 4.78 is 0. The van der Waals surface area contributed by atoms with Crippen LogP contribution in [-0.2, 0) is 0 Å². The maximum absolute atomic E-state index is 10.1. The van der Waals surface area contributed by atoms with Gasteiger partial charge in [0.2, 0.25) is 6.54 Å². The molecule has 3 heteroatoms. The number of unbranched alkanes of at least 4 members (excludes halogenated alkanes) is 12. The Kier molecular flexibility index (Phi) is 14.0. The fourth-order valence-corrected chi connectivity index (χ4v) is 2.26. The molecule has 0 spiro atoms. The van der Waals surface area contributed by atoms with Gasteiger partial charge in [-0.25, -0.2) is 0 Å². The minimum atomic E-state index is -0.210. The van der Waals surface area contributed by atoms with Crippen LogP contribution in [0.2, 0.25) is 0 Å². The van der Waals surface area contributed by atoms with Crippen molar-refractivity contribution in [2.75, 3.05) is 6.54 Å². The van der Waals surface area contributed by atoms with Gasteiger partial charge in [0.05, 0.1) is 0 Å². The molecule has 0 unspecified atom stereocenters. The second kappa shape index (κ2) is 14.5. The van der Waals surface area contributed by atoms with Crippen LogP contribution in [0.4, 0.5) is 0 Å². The monoisotopic (exact) mass is 257 g/mol. The summed E-state index contributed by atoms with van der Waals surface area (Å²) in [6.07, 6.45) is 16.6. The van der Waals surface area contributed by atoms with Crippen molar-refractivity contribution in [3.8, 4) is 0 Å². The van der Waals surface area contributed by atoms with E-state index in [0.717, 1.165) is 12.8 Å². The number of hydrogen-bond acceptors (Lipinski definition) is 2. The van der Waals surface area contributed by atoms with Gasteiger partial charge >= 0.3 is 0 Å². The number of nitrogens with zero attached hydrogens (tertiary/aromatic N) is 1. The van der Waals surface area contributed by atoms with Crippen LogP contribution in [0.25, 0.3) is 0 Å². The van der Waals surface area contributed by atoms with E-state index in [4.69, 9.17) is 0 Å². The number of hydrogen-bond donors (Lipinski definition) is 0. The Morgan fingerprint density at radius 3 is 1.33 bits per heavy atom. The van der Waals surface area contributed by atoms with Crippen LogP contribution >= 0.6 is 0 Å². The van der Waals surface area contributed by atoms with Crippen LogP contribution in [-0.4, -0.2) is 11.5 Å². The van der Waals surface area contributed by atoms with Crippen molar-refractivity contribution in [2.24, 2.45) is 0 Å². The zero-order chi connectivity index (χ0) is 13.5. The summed E-state index contributed by atoms with van der Waals surface area (Å²) >= 11 is 0. The summed E-state index contributed by atoms with van der Waals surface area (Å²) in [5, 5.41) is 10.1. The van der Waals surface area contributed by atoms with Gasteiger partial charge in [-0.05, 0) is 6.42 Å². The fourth-order valence-electron chi connectivity index (χ4n) is 2.26. The van der Waals surface area contributed by atoms with Gasteiger partial charge in [0.1, 0.15) is 0 Å². The first-order valence-corrected chi connectivity index (χ1v) is 7.89. The molecule has 0 aliphatic heterocycles. The average Bonchev–Trinajstić information content (AvgIpc) is 2.34. The van der Waals surface area contributed by atoms with Crippen molar-refractivity contribution in [1.82, 2.24) is 0 Å². The smallest absolute Gasteiger partial charge is 0.203 e. The lowest BCUT2D eigenvalue weighted by atomic mass is 10.0. The Labute approximate surface area is 113 Å². The predicted octanol–water partition coefficient (Wildman–Crippen LogP) is 5.35. The van der Waals surface area contributed by atoms with Crippen LogP contribution in [0.15, 0.2) is 0 Å². The van der Waals surface area contributed by atoms with Gasteiger partial charge in [-0.15, -0.1) is 0 Å². The van der Waals surface area contributed by atoms with E-state index in [2.05, 4.69) is 6.92 Å². The summed E-state index contributed by atoms with van der Waals surface area (Å²) in [4.78, 5) is 9.90. The van der Waals surface area contributed by atoms with Crippen LogP contribution in [0, 0.1) is 10.1 Å². The Hall–Kier alpha value is -0.600. The predicted molar refractivity (Wildman–Crippen MR) is 77.6 cm³/mol. The topological polar surface area (TPSA) is 43.1 Å². The SMILES string of the molecule is CCCCCCCCCCCCCCC[N+](=O)[O-]. The van der Waals surface area contributed by atoms with Crippen LogP contribution in [0.3, 0.4) is 0 Å². The Balaban J connectivity index is 2.92. The van der Waals surface area contributed by atoms with Gasteiger partial charge < -0.3 is 0 Å². The zero-order valence-corrected chi connectivity index (χ0v) is 12.2. The molecule has 0 aliphatic carbocycles. The first kappa shape index (κ1) is 17.4. The lowest BCUT2D eigenvalue weighted by Crippen LogP contribution is -1.99. The molecular weight excluding hydrogens is 226 g/mol. The van der Waals surface area contributed by atoms with Crippen LogP contribution in [0.5, 0.6) is 0 Å². The van der Waals surface area contributed by atoms with Crippen molar-refractivity contribution in [3.63, 3.8) is 0 Å². The molecule has 0 atom stereocenters. The van der Waals surface area contributed by atoms with Crippen molar-refractivity contribution in [1.29, 1.82) is 0 Å². The molecule has 0 amide bonds. The van der Waals surface area contributed by atoms with Crippen LogP contribution in [0.1, 0.15) is 90.4 Å². The van der Waals surface area contributed by atoms with Gasteiger partial charge in [-0.3, -0.25) is 10.1 Å². The molecule has 3 nitrogen and oxygen atoms in total. The second-order valence-corrected chi connectivity index (χ2v) is 5.30. The maximum Gasteiger partial charge on any atom is 0.203 e. The van der Waals surface area contributed by atoms with Gasteiger partial charge in [0.25, 0.3) is 0 Å². The third-order valence-electron chi connectivity index (χ3n) is 3.44. The summed E-state index contributed by atoms with van der Waals surface area (Å²) in [5.74, 6) is 0. The molecule has 0 bridgehead atoms. The first-order chi connectivity index (χ1) is 8.77. The highest BCUT2D eigenvalue weighted by atomic mass is 16.6. The maximum atomic E-state index is 10.1. The second-order valence-electron chi connectivity index (χ2n) is 5.30. The molecule has 0 aliphatic rings. The summed E-state index contributed by atoms with van der Waals surface area (Å²) in [6.45, 7) is 2.41. The molecule has 0 aromatic heterocycles. The Morgan fingerprint density at radius 2 is 1.00 bits per heavy atom. The highest BCUT2D eigenvalue weighted by Gasteiger charge is 1.97. The third-order valence-corrected chi connectivity index (χ3v) is 3.44. The largest absolute Gasteiger partial charge is 0.265 e. The summed E-state index contributed by atoms with van der Waals surface area (Å²) in [6, 6.07) is 0. The van der Waals surface area contributed by atoms with Crippen LogP contribution < -0.4 is 0 Å². The molecule has 0 radical (unpaired) electrons. The average molecular weight is 257 g/mol. The van der Waals surface area contributed by atoms with Gasteiger partial charge in [-0.2, -0.15) is 0 Å². The van der Waals surface area contributed by atoms with Gasteiger partial charge in [0, 0.05) is 11.3 Å². The Bertz CT molecular complexity index is 183. The molecule has 108 valence electrons. The van der Waals surface area contributed by atoms with E-state index in [1.54, 1.807) is 0 Å². The molecule has 0 N–H and O–H groups in total. The third kappa shape index (κ3) is 15.4. The first-order valence-electron chi connectivity index (χ1n) is 7.89. The van der Waals surface area contributed by atoms with E-state index in [0.29, 0.717) is 0 Å². The van der Waals surface area contributed by atoms with Crippen molar-refractivity contribution in [2.45, 2.75) is 90.4 Å². The molecule has 0 fully saturated rings. The van der Waals surface area contributed by atoms with E-state index >= 15 is 0 Å². The van der Waals surface area contributed by atoms with Crippen molar-refractivity contribution >= 4 is 0 Å². The van der Waals surface area contributed by atoms with E-state index in [-0.39, 0.29) is 11.5 Å². The summed E-state index contributed by atoms with van der Waals surface area (Å²) in [5.41, 5.74) is 0. The van der Waals surface area contributed by atoms with Crippen molar-refractivity contribution < 1.29 is 4.92 Å². The lowest BCUT2D eigenvalue weighted by molar-refractivity contribution is -0.480. The van der Waals surface area contributed by atoms with E-state index in [9.17, 15) is 10.1 Å². The minimum absolute atomic E-state index is 0.151. The highest BCUT2D eigenvalue weighted by Crippen LogP contribution is 2.12. The lowest BCUT2D eigenvalue weighted by Gasteiger charge is -2.02. The van der Waals surface area contributed by atoms with E-state index in [1.807, 2.05) is 0 Å². The van der Waals surface area contributed by atoms with E-state index < -0.39 is 0 Å². The molecule has 0 aromatic rings. The minimum Gasteiger partial charge on any atom is -0.265 e. The standard InChI is InChI=1S/C15H31NO2/c1-2-3-4-5-6-7-8-9-10-11-12-13-14-15-16(17)18/h2-15H2,1H3. The van der Waals surface area contributed by atoms with E-state index in [1.165, 1.54) is 70.6 Å². The Morgan fingerprint density at radius 1 is 0.667 bits per heavy atom. The highest BCUT2D eigenvalue weighted by molar-refractivity contribution is 4.48. The van der Waals surface area contributed by atoms with Gasteiger partial charge in [-0.1, -0.05) is 77.6 Å². The van der Waals surface area contributed by atoms with Gasteiger partial charge in [0.15, 0.2) is 0 Å². The number of nitro groups is 1. The molecule has 0 rings (SSSR count). The molecule has 0 saturated carbocycles. The zero-order valence-electron chi connectivity index (χ0n) is 12.2. The molecule has 0 saturated heterocycles. The van der Waals surface area contributed by atoms with Crippen molar-refractivity contribution in [3.05, 3.63) is 10.1 Å². The molecule has 0 heterocycles. The molecule has 18 heavy (non-hydrogen) atoms. The fraction of sp³-hybridized carbons (Fsp3) is 1.00. The quantitative estimate of drug-likeness (QED) is 0.239. The normalized spacial score (nSPS) is 10.7. The molecular formula is C15H31NO2. The molecule has 0 aromatic carbocycles.